The molecule has 0 saturated carbocycles. The number of amides is 3. The Morgan fingerprint density at radius 2 is 2.07 bits per heavy atom. The van der Waals surface area contributed by atoms with Gasteiger partial charge in [0.2, 0.25) is 5.91 Å². The first-order valence-corrected chi connectivity index (χ1v) is 4.48. The molecule has 1 rings (SSSR count). The standard InChI is InChI=1S/C8H16N4O2/c1-11(2)8(14)12-4-6(5-12)10-3-7(9)13/h6,10H,3-5H2,1-2H3,(H2,9,13). The topological polar surface area (TPSA) is 78.7 Å². The number of hydrogen-bond donors (Lipinski definition) is 2. The maximum absolute atomic E-state index is 11.3. The van der Waals surface area contributed by atoms with E-state index in [1.54, 1.807) is 19.0 Å². The Balaban J connectivity index is 2.17. The number of urea groups is 1. The highest BCUT2D eigenvalue weighted by Gasteiger charge is 2.30. The van der Waals surface area contributed by atoms with Crippen molar-refractivity contribution in [3.8, 4) is 0 Å². The van der Waals surface area contributed by atoms with Gasteiger partial charge in [0.05, 0.1) is 6.54 Å². The number of likely N-dealkylation sites (tertiary alicyclic amines) is 1. The molecule has 0 unspecified atom stereocenters. The summed E-state index contributed by atoms with van der Waals surface area (Å²) in [5, 5.41) is 2.96. The Labute approximate surface area is 83.0 Å². The smallest absolute Gasteiger partial charge is 0.319 e. The SMILES string of the molecule is CN(C)C(=O)N1CC(NCC(N)=O)C1. The molecule has 1 aliphatic rings. The molecule has 1 fully saturated rings. The zero-order valence-electron chi connectivity index (χ0n) is 8.49. The molecule has 0 aromatic heterocycles. The summed E-state index contributed by atoms with van der Waals surface area (Å²) in [6.45, 7) is 1.46. The normalized spacial score (nSPS) is 16.3. The highest BCUT2D eigenvalue weighted by molar-refractivity contribution is 5.76. The summed E-state index contributed by atoms with van der Waals surface area (Å²) < 4.78 is 0. The summed E-state index contributed by atoms with van der Waals surface area (Å²) in [6.07, 6.45) is 0. The minimum atomic E-state index is -0.373. The van der Waals surface area contributed by atoms with Crippen molar-refractivity contribution in [2.45, 2.75) is 6.04 Å². The number of rotatable bonds is 3. The Hall–Kier alpha value is -1.30. The highest BCUT2D eigenvalue weighted by Crippen LogP contribution is 2.09. The van der Waals surface area contributed by atoms with Gasteiger partial charge in [0.1, 0.15) is 0 Å². The van der Waals surface area contributed by atoms with Gasteiger partial charge in [-0.3, -0.25) is 4.79 Å². The fourth-order valence-corrected chi connectivity index (χ4v) is 1.29. The molecule has 0 atom stereocenters. The molecule has 80 valence electrons. The predicted molar refractivity (Wildman–Crippen MR) is 51.6 cm³/mol. The van der Waals surface area contributed by atoms with Crippen LogP contribution in [0.5, 0.6) is 0 Å². The van der Waals surface area contributed by atoms with Gasteiger partial charge in [-0.1, -0.05) is 0 Å². The fraction of sp³-hybridized carbons (Fsp3) is 0.750. The molecular weight excluding hydrogens is 184 g/mol. The third-order valence-corrected chi connectivity index (χ3v) is 2.10. The van der Waals surface area contributed by atoms with Gasteiger partial charge in [-0.2, -0.15) is 0 Å². The van der Waals surface area contributed by atoms with E-state index < -0.39 is 0 Å². The summed E-state index contributed by atoms with van der Waals surface area (Å²) in [5.41, 5.74) is 4.97. The van der Waals surface area contributed by atoms with Crippen LogP contribution < -0.4 is 11.1 Å². The quantitative estimate of drug-likeness (QED) is 0.577. The second-order valence-corrected chi connectivity index (χ2v) is 3.63. The van der Waals surface area contributed by atoms with Gasteiger partial charge in [0.15, 0.2) is 0 Å². The second kappa shape index (κ2) is 4.28. The maximum atomic E-state index is 11.3. The van der Waals surface area contributed by atoms with Crippen molar-refractivity contribution in [1.82, 2.24) is 15.1 Å². The minimum Gasteiger partial charge on any atom is -0.369 e. The van der Waals surface area contributed by atoms with Crippen LogP contribution in [0, 0.1) is 0 Å². The summed E-state index contributed by atoms with van der Waals surface area (Å²) >= 11 is 0. The summed E-state index contributed by atoms with van der Waals surface area (Å²) in [4.78, 5) is 25.0. The lowest BCUT2D eigenvalue weighted by atomic mass is 10.1. The molecule has 0 bridgehead atoms. The molecule has 0 radical (unpaired) electrons. The van der Waals surface area contributed by atoms with Crippen molar-refractivity contribution in [3.63, 3.8) is 0 Å². The van der Waals surface area contributed by atoms with Crippen molar-refractivity contribution in [2.75, 3.05) is 33.7 Å². The van der Waals surface area contributed by atoms with Crippen LogP contribution in [-0.2, 0) is 4.79 Å². The first kappa shape index (κ1) is 10.8. The van der Waals surface area contributed by atoms with Gasteiger partial charge >= 0.3 is 6.03 Å². The van der Waals surface area contributed by atoms with Crippen LogP contribution in [0.25, 0.3) is 0 Å². The zero-order chi connectivity index (χ0) is 10.7. The van der Waals surface area contributed by atoms with Gasteiger partial charge in [0.25, 0.3) is 0 Å². The van der Waals surface area contributed by atoms with E-state index in [1.807, 2.05) is 0 Å². The van der Waals surface area contributed by atoms with Gasteiger partial charge in [-0.05, 0) is 0 Å². The third-order valence-electron chi connectivity index (χ3n) is 2.10. The van der Waals surface area contributed by atoms with Crippen molar-refractivity contribution in [1.29, 1.82) is 0 Å². The number of carbonyl (C=O) groups is 2. The highest BCUT2D eigenvalue weighted by atomic mass is 16.2. The van der Waals surface area contributed by atoms with E-state index in [4.69, 9.17) is 5.73 Å². The molecule has 14 heavy (non-hydrogen) atoms. The number of nitrogens with one attached hydrogen (secondary N) is 1. The van der Waals surface area contributed by atoms with E-state index in [9.17, 15) is 9.59 Å². The molecule has 0 aliphatic carbocycles. The Morgan fingerprint density at radius 1 is 1.50 bits per heavy atom. The van der Waals surface area contributed by atoms with E-state index >= 15 is 0 Å². The Kier molecular flexibility index (Phi) is 3.29. The fourth-order valence-electron chi connectivity index (χ4n) is 1.29. The largest absolute Gasteiger partial charge is 0.369 e. The number of primary amides is 1. The first-order chi connectivity index (χ1) is 6.50. The second-order valence-electron chi connectivity index (χ2n) is 3.63. The molecule has 1 aliphatic heterocycles. The Bertz CT molecular complexity index is 235. The summed E-state index contributed by atoms with van der Waals surface area (Å²) in [7, 11) is 3.43. The van der Waals surface area contributed by atoms with E-state index in [0.29, 0.717) is 13.1 Å². The number of carbonyl (C=O) groups excluding carboxylic acids is 2. The van der Waals surface area contributed by atoms with Crippen LogP contribution in [0.1, 0.15) is 0 Å². The lowest BCUT2D eigenvalue weighted by Crippen LogP contribution is -2.62. The van der Waals surface area contributed by atoms with Crippen molar-refractivity contribution in [3.05, 3.63) is 0 Å². The molecular formula is C8H16N4O2. The Morgan fingerprint density at radius 3 is 2.50 bits per heavy atom. The average Bonchev–Trinajstić information content (AvgIpc) is 2.00. The van der Waals surface area contributed by atoms with Crippen LogP contribution in [0.2, 0.25) is 0 Å². The van der Waals surface area contributed by atoms with E-state index in [0.717, 1.165) is 0 Å². The molecule has 3 amide bonds. The van der Waals surface area contributed by atoms with Gasteiger partial charge in [-0.15, -0.1) is 0 Å². The average molecular weight is 200 g/mol. The zero-order valence-corrected chi connectivity index (χ0v) is 8.49. The summed E-state index contributed by atoms with van der Waals surface area (Å²) in [6, 6.07) is 0.202. The van der Waals surface area contributed by atoms with Crippen LogP contribution >= 0.6 is 0 Å². The maximum Gasteiger partial charge on any atom is 0.319 e. The third kappa shape index (κ3) is 2.59. The van der Waals surface area contributed by atoms with Gasteiger partial charge in [-0.25, -0.2) is 4.79 Å². The lowest BCUT2D eigenvalue weighted by molar-refractivity contribution is -0.117. The van der Waals surface area contributed by atoms with Crippen molar-refractivity contribution >= 4 is 11.9 Å². The molecule has 0 aromatic rings. The van der Waals surface area contributed by atoms with E-state index in [2.05, 4.69) is 5.32 Å². The molecule has 6 nitrogen and oxygen atoms in total. The first-order valence-electron chi connectivity index (χ1n) is 4.48. The molecule has 1 saturated heterocycles. The molecule has 1 heterocycles. The summed E-state index contributed by atoms with van der Waals surface area (Å²) in [5.74, 6) is -0.373. The van der Waals surface area contributed by atoms with Crippen LogP contribution in [0.15, 0.2) is 0 Å². The lowest BCUT2D eigenvalue weighted by Gasteiger charge is -2.40. The monoisotopic (exact) mass is 200 g/mol. The van der Waals surface area contributed by atoms with E-state index in [-0.39, 0.29) is 24.5 Å². The van der Waals surface area contributed by atoms with Crippen molar-refractivity contribution in [2.24, 2.45) is 5.73 Å². The van der Waals surface area contributed by atoms with Crippen molar-refractivity contribution < 1.29 is 9.59 Å². The minimum absolute atomic E-state index is 0.00197. The molecule has 0 aromatic carbocycles. The van der Waals surface area contributed by atoms with Gasteiger partial charge in [0, 0.05) is 33.2 Å². The van der Waals surface area contributed by atoms with E-state index in [1.165, 1.54) is 4.90 Å². The van der Waals surface area contributed by atoms with Crippen LogP contribution in [0.3, 0.4) is 0 Å². The molecule has 0 spiro atoms. The molecule has 6 heteroatoms. The molecule has 3 N–H and O–H groups in total. The van der Waals surface area contributed by atoms with Gasteiger partial charge < -0.3 is 20.9 Å². The van der Waals surface area contributed by atoms with Crippen LogP contribution in [-0.4, -0.2) is 61.5 Å². The number of nitrogens with two attached hydrogens (primary N) is 1. The van der Waals surface area contributed by atoms with Crippen LogP contribution in [0.4, 0.5) is 4.79 Å². The number of nitrogens with zero attached hydrogens (tertiary/aromatic N) is 2. The predicted octanol–water partition coefficient (Wildman–Crippen LogP) is -1.57. The number of hydrogen-bond acceptors (Lipinski definition) is 3.